The third kappa shape index (κ3) is 9.16. The maximum Gasteiger partial charge on any atom is 0.309 e. The minimum atomic E-state index is -1.25. The summed E-state index contributed by atoms with van der Waals surface area (Å²) in [5, 5.41) is 33.8. The molecule has 3 heterocycles. The second-order valence-electron chi connectivity index (χ2n) is 11.6. The van der Waals surface area contributed by atoms with E-state index in [4.69, 9.17) is 4.74 Å². The fraction of sp³-hybridized carbons (Fsp3) is 0.700. The number of esters is 1. The van der Waals surface area contributed by atoms with Crippen LogP contribution in [0.15, 0.2) is 22.6 Å². The zero-order valence-corrected chi connectivity index (χ0v) is 26.7. The van der Waals surface area contributed by atoms with Gasteiger partial charge in [-0.25, -0.2) is 4.98 Å². The molecule has 1 aromatic rings. The molecule has 0 aromatic carbocycles. The number of nitrogens with zero attached hydrogens (tertiary/aromatic N) is 1. The van der Waals surface area contributed by atoms with Gasteiger partial charge in [0.2, 0.25) is 0 Å². The third-order valence-corrected chi connectivity index (χ3v) is 12.0. The maximum absolute atomic E-state index is 13.4. The Balaban J connectivity index is 1.92. The maximum atomic E-state index is 13.4. The number of allylic oxidation sites excluding steroid dienone is 1. The first-order valence-electron chi connectivity index (χ1n) is 14.2. The van der Waals surface area contributed by atoms with Crippen LogP contribution in [0.25, 0.3) is 6.08 Å². The fourth-order valence-electron chi connectivity index (χ4n) is 5.26. The van der Waals surface area contributed by atoms with E-state index in [2.05, 4.69) is 11.1 Å². The molecule has 2 aliphatic heterocycles. The first-order valence-corrected chi connectivity index (χ1v) is 17.1. The van der Waals surface area contributed by atoms with Crippen molar-refractivity contribution >= 4 is 52.7 Å². The standard InChI is InChI=1S/C30H45NO6S3/c1-18-7-6-8-21(14-27-38-11-12-39-27)9-10-23(19(2)13-22-17-40-25(16-32)31-22)37-26(34)15-24(33)30(4,5)29(36)20(3)28(18)35/h9,13,17-18,20,23-24,27-28,32-33,35H,6-8,10-12,14-16H2,1-5H3/t18-,20+,23-,24-,28-/m0/s1. The van der Waals surface area contributed by atoms with Gasteiger partial charge in [0.1, 0.15) is 16.9 Å². The van der Waals surface area contributed by atoms with E-state index in [1.165, 1.54) is 16.9 Å². The molecule has 224 valence electrons. The van der Waals surface area contributed by atoms with Crippen LogP contribution >= 0.6 is 34.9 Å². The molecule has 7 nitrogen and oxygen atoms in total. The molecular formula is C30H45NO6S3. The van der Waals surface area contributed by atoms with Crippen molar-refractivity contribution in [3.05, 3.63) is 33.3 Å². The Morgan fingerprint density at radius 1 is 1.20 bits per heavy atom. The van der Waals surface area contributed by atoms with Gasteiger partial charge in [0, 0.05) is 29.2 Å². The van der Waals surface area contributed by atoms with Crippen molar-refractivity contribution < 1.29 is 29.6 Å². The van der Waals surface area contributed by atoms with Crippen molar-refractivity contribution in [3.63, 3.8) is 0 Å². The molecule has 0 bridgehead atoms. The van der Waals surface area contributed by atoms with Gasteiger partial charge in [-0.05, 0) is 50.2 Å². The number of hydrogen-bond donors (Lipinski definition) is 3. The van der Waals surface area contributed by atoms with Gasteiger partial charge in [0.15, 0.2) is 0 Å². The molecule has 5 atom stereocenters. The van der Waals surface area contributed by atoms with Crippen LogP contribution in [0.1, 0.15) is 83.8 Å². The summed E-state index contributed by atoms with van der Waals surface area (Å²) >= 11 is 5.34. The molecule has 2 aliphatic rings. The zero-order chi connectivity index (χ0) is 29.4. The Morgan fingerprint density at radius 3 is 2.55 bits per heavy atom. The molecule has 0 unspecified atom stereocenters. The van der Waals surface area contributed by atoms with Crippen LogP contribution in [0.2, 0.25) is 0 Å². The van der Waals surface area contributed by atoms with E-state index in [0.717, 1.165) is 42.8 Å². The second kappa shape index (κ2) is 15.3. The molecule has 0 spiro atoms. The van der Waals surface area contributed by atoms with Gasteiger partial charge in [-0.15, -0.1) is 34.9 Å². The number of aliphatic hydroxyl groups excluding tert-OH is 3. The number of ether oxygens (including phenoxy) is 1. The number of cyclic esters (lactones) is 1. The highest BCUT2D eigenvalue weighted by atomic mass is 32.2. The van der Waals surface area contributed by atoms with Gasteiger partial charge in [-0.1, -0.05) is 39.3 Å². The van der Waals surface area contributed by atoms with Crippen molar-refractivity contribution in [2.75, 3.05) is 11.5 Å². The summed E-state index contributed by atoms with van der Waals surface area (Å²) in [6.07, 6.45) is 5.16. The molecule has 0 amide bonds. The minimum Gasteiger partial charge on any atom is -0.457 e. The van der Waals surface area contributed by atoms with E-state index < -0.39 is 35.6 Å². The number of hydrogen-bond acceptors (Lipinski definition) is 10. The predicted octanol–water partition coefficient (Wildman–Crippen LogP) is 5.63. The van der Waals surface area contributed by atoms with E-state index in [1.54, 1.807) is 20.8 Å². The molecule has 1 aromatic heterocycles. The number of aromatic nitrogens is 1. The highest BCUT2D eigenvalue weighted by molar-refractivity contribution is 8.20. The molecule has 1 saturated heterocycles. The average Bonchev–Trinajstić information content (AvgIpc) is 3.60. The molecule has 10 heteroatoms. The normalized spacial score (nSPS) is 30.2. The lowest BCUT2D eigenvalue weighted by Gasteiger charge is -2.34. The molecule has 3 rings (SSSR count). The number of thioether (sulfide) groups is 2. The third-order valence-electron chi connectivity index (χ3n) is 8.10. The summed E-state index contributed by atoms with van der Waals surface area (Å²) in [4.78, 5) is 30.9. The van der Waals surface area contributed by atoms with Gasteiger partial charge in [-0.2, -0.15) is 0 Å². The van der Waals surface area contributed by atoms with E-state index >= 15 is 0 Å². The first-order chi connectivity index (χ1) is 18.9. The Morgan fingerprint density at radius 2 is 1.90 bits per heavy atom. The lowest BCUT2D eigenvalue weighted by atomic mass is 9.73. The minimum absolute atomic E-state index is 0.0684. The van der Waals surface area contributed by atoms with Crippen molar-refractivity contribution in [2.45, 2.75) is 103 Å². The molecule has 0 radical (unpaired) electrons. The summed E-state index contributed by atoms with van der Waals surface area (Å²) in [5.74, 6) is 0.743. The molecule has 40 heavy (non-hydrogen) atoms. The summed E-state index contributed by atoms with van der Waals surface area (Å²) in [7, 11) is 0. The van der Waals surface area contributed by atoms with Gasteiger partial charge in [0.05, 0.1) is 40.9 Å². The summed E-state index contributed by atoms with van der Waals surface area (Å²) in [6, 6.07) is 0. The topological polar surface area (TPSA) is 117 Å². The Labute approximate surface area is 251 Å². The number of ketones is 1. The van der Waals surface area contributed by atoms with Crippen LogP contribution in [0.4, 0.5) is 0 Å². The number of rotatable bonds is 5. The van der Waals surface area contributed by atoms with Crippen molar-refractivity contribution in [3.8, 4) is 0 Å². The lowest BCUT2D eigenvalue weighted by Crippen LogP contribution is -2.45. The van der Waals surface area contributed by atoms with E-state index in [1.807, 2.05) is 48.8 Å². The SMILES string of the molecule is CC(=Cc1csc(CO)n1)[C@@H]1CC=C(CC2SCCS2)CCC[C@H](C)[C@H](O)[C@@H](C)C(=O)C(C)(C)[C@@H](O)CC(=O)O1. The van der Waals surface area contributed by atoms with E-state index in [-0.39, 0.29) is 24.7 Å². The zero-order valence-electron chi connectivity index (χ0n) is 24.3. The van der Waals surface area contributed by atoms with Crippen LogP contribution < -0.4 is 0 Å². The van der Waals surface area contributed by atoms with Gasteiger partial charge < -0.3 is 20.1 Å². The Hall–Kier alpha value is -1.17. The molecular weight excluding hydrogens is 567 g/mol. The monoisotopic (exact) mass is 611 g/mol. The second-order valence-corrected chi connectivity index (χ2v) is 15.5. The molecule has 0 saturated carbocycles. The van der Waals surface area contributed by atoms with Crippen molar-refractivity contribution in [1.29, 1.82) is 0 Å². The van der Waals surface area contributed by atoms with Gasteiger partial charge in [0.25, 0.3) is 0 Å². The van der Waals surface area contributed by atoms with Crippen molar-refractivity contribution in [1.82, 2.24) is 4.98 Å². The van der Waals surface area contributed by atoms with Gasteiger partial charge in [-0.3, -0.25) is 9.59 Å². The van der Waals surface area contributed by atoms with Crippen LogP contribution in [0.3, 0.4) is 0 Å². The molecule has 0 aliphatic carbocycles. The van der Waals surface area contributed by atoms with Gasteiger partial charge >= 0.3 is 5.97 Å². The summed E-state index contributed by atoms with van der Waals surface area (Å²) in [6.45, 7) is 8.72. The van der Waals surface area contributed by atoms with Crippen LogP contribution in [0, 0.1) is 17.3 Å². The average molecular weight is 612 g/mol. The van der Waals surface area contributed by atoms with Crippen LogP contribution in [-0.4, -0.2) is 66.5 Å². The number of aliphatic hydroxyl groups is 3. The Bertz CT molecular complexity index is 1060. The summed E-state index contributed by atoms with van der Waals surface area (Å²) in [5.41, 5.74) is 1.61. The number of Topliss-reactive ketones (excluding diaryl/α,β-unsaturated/α-hetero) is 1. The Kier molecular flexibility index (Phi) is 12.8. The molecule has 1 fully saturated rings. The fourth-order valence-corrected chi connectivity index (χ4v) is 8.79. The summed E-state index contributed by atoms with van der Waals surface area (Å²) < 4.78 is 6.46. The smallest absolute Gasteiger partial charge is 0.309 e. The van der Waals surface area contributed by atoms with Crippen molar-refractivity contribution in [2.24, 2.45) is 17.3 Å². The van der Waals surface area contributed by atoms with E-state index in [9.17, 15) is 24.9 Å². The van der Waals surface area contributed by atoms with E-state index in [0.29, 0.717) is 21.7 Å². The first kappa shape index (κ1) is 33.3. The van der Waals surface area contributed by atoms with Crippen LogP contribution in [0.5, 0.6) is 0 Å². The van der Waals surface area contributed by atoms with Crippen LogP contribution in [-0.2, 0) is 20.9 Å². The number of carbonyl (C=O) groups is 2. The predicted molar refractivity (Wildman–Crippen MR) is 165 cm³/mol. The molecule has 3 N–H and O–H groups in total. The number of carbonyl (C=O) groups excluding carboxylic acids is 2. The lowest BCUT2D eigenvalue weighted by molar-refractivity contribution is -0.154. The quantitative estimate of drug-likeness (QED) is 0.288. The highest BCUT2D eigenvalue weighted by Gasteiger charge is 2.42. The largest absolute Gasteiger partial charge is 0.457 e. The highest BCUT2D eigenvalue weighted by Crippen LogP contribution is 2.38. The number of thiazole rings is 1.